The number of halogens is 1. The molecule has 0 aromatic heterocycles. The van der Waals surface area contributed by atoms with Crippen molar-refractivity contribution in [1.82, 2.24) is 0 Å². The molecule has 0 bridgehead atoms. The van der Waals surface area contributed by atoms with Gasteiger partial charge in [0, 0.05) is 5.56 Å². The minimum atomic E-state index is -0.276. The molecule has 0 aliphatic rings. The molecule has 0 aliphatic heterocycles. The predicted molar refractivity (Wildman–Crippen MR) is 76.8 cm³/mol. The maximum absolute atomic E-state index is 12.1. The first-order valence-electron chi connectivity index (χ1n) is 5.61. The number of methoxy groups -OCH3 is 1. The van der Waals surface area contributed by atoms with Gasteiger partial charge in [0.15, 0.2) is 0 Å². The zero-order chi connectivity index (χ0) is 13.8. The van der Waals surface area contributed by atoms with E-state index in [1.165, 1.54) is 7.11 Å². The topological polar surface area (TPSA) is 64.3 Å². The second-order valence-electron chi connectivity index (χ2n) is 3.89. The molecular weight excluding hydrogens is 264 g/mol. The fourth-order valence-electron chi connectivity index (χ4n) is 1.61. The number of rotatable bonds is 3. The highest BCUT2D eigenvalue weighted by Gasteiger charge is 2.10. The van der Waals surface area contributed by atoms with E-state index in [2.05, 4.69) is 5.32 Å². The minimum absolute atomic E-state index is 0.276. The summed E-state index contributed by atoms with van der Waals surface area (Å²) in [5.74, 6) is 0.250. The molecule has 0 radical (unpaired) electrons. The zero-order valence-electron chi connectivity index (χ0n) is 10.3. The standard InChI is InChI=1S/C14H13ClN2O2/c1-19-13-7-6-9(8-10(13)15)14(18)17-12-5-3-2-4-11(12)16/h2-8H,16H2,1H3,(H,17,18). The van der Waals surface area contributed by atoms with Crippen LogP contribution < -0.4 is 15.8 Å². The van der Waals surface area contributed by atoms with Crippen molar-refractivity contribution in [3.63, 3.8) is 0 Å². The molecule has 2 rings (SSSR count). The highest BCUT2D eigenvalue weighted by atomic mass is 35.5. The zero-order valence-corrected chi connectivity index (χ0v) is 11.1. The number of carbonyl (C=O) groups excluding carboxylic acids is 1. The Balaban J connectivity index is 2.21. The summed E-state index contributed by atoms with van der Waals surface area (Å²) in [6.07, 6.45) is 0. The summed E-state index contributed by atoms with van der Waals surface area (Å²) in [5, 5.41) is 3.11. The fourth-order valence-corrected chi connectivity index (χ4v) is 1.87. The first-order valence-corrected chi connectivity index (χ1v) is 5.99. The van der Waals surface area contributed by atoms with E-state index in [1.807, 2.05) is 0 Å². The van der Waals surface area contributed by atoms with Crippen molar-refractivity contribution in [3.05, 3.63) is 53.1 Å². The average molecular weight is 277 g/mol. The van der Waals surface area contributed by atoms with Gasteiger partial charge >= 0.3 is 0 Å². The summed E-state index contributed by atoms with van der Waals surface area (Å²) in [6.45, 7) is 0. The predicted octanol–water partition coefficient (Wildman–Crippen LogP) is 3.18. The van der Waals surface area contributed by atoms with Crippen LogP contribution in [0.25, 0.3) is 0 Å². The number of hydrogen-bond acceptors (Lipinski definition) is 3. The van der Waals surface area contributed by atoms with E-state index >= 15 is 0 Å². The molecule has 0 aliphatic carbocycles. The quantitative estimate of drug-likeness (QED) is 0.846. The van der Waals surface area contributed by atoms with Crippen molar-refractivity contribution in [2.24, 2.45) is 0 Å². The number of amides is 1. The smallest absolute Gasteiger partial charge is 0.255 e. The van der Waals surface area contributed by atoms with E-state index in [-0.39, 0.29) is 5.91 Å². The van der Waals surface area contributed by atoms with Gasteiger partial charge in [-0.05, 0) is 30.3 Å². The number of nitrogens with two attached hydrogens (primary N) is 1. The molecule has 0 atom stereocenters. The molecule has 98 valence electrons. The monoisotopic (exact) mass is 276 g/mol. The van der Waals surface area contributed by atoms with E-state index in [0.29, 0.717) is 27.7 Å². The molecule has 0 spiro atoms. The first kappa shape index (κ1) is 13.2. The van der Waals surface area contributed by atoms with Gasteiger partial charge in [-0.15, -0.1) is 0 Å². The molecule has 0 fully saturated rings. The lowest BCUT2D eigenvalue weighted by Gasteiger charge is -2.09. The molecule has 19 heavy (non-hydrogen) atoms. The lowest BCUT2D eigenvalue weighted by atomic mass is 10.2. The van der Waals surface area contributed by atoms with E-state index in [0.717, 1.165) is 0 Å². The van der Waals surface area contributed by atoms with Crippen molar-refractivity contribution in [1.29, 1.82) is 0 Å². The van der Waals surface area contributed by atoms with Crippen LogP contribution in [0.3, 0.4) is 0 Å². The Morgan fingerprint density at radius 1 is 1.26 bits per heavy atom. The molecule has 0 heterocycles. The maximum atomic E-state index is 12.1. The van der Waals surface area contributed by atoms with Crippen molar-refractivity contribution in [2.45, 2.75) is 0 Å². The van der Waals surface area contributed by atoms with Crippen LogP contribution in [0.1, 0.15) is 10.4 Å². The number of carbonyl (C=O) groups is 1. The molecule has 1 amide bonds. The summed E-state index contributed by atoms with van der Waals surface area (Å²) in [5.41, 5.74) is 7.28. The molecule has 2 aromatic carbocycles. The number of hydrogen-bond donors (Lipinski definition) is 2. The first-order chi connectivity index (χ1) is 9.11. The van der Waals surface area contributed by atoms with Crippen LogP contribution in [0.2, 0.25) is 5.02 Å². The molecule has 3 N–H and O–H groups in total. The van der Waals surface area contributed by atoms with E-state index in [1.54, 1.807) is 42.5 Å². The van der Waals surface area contributed by atoms with Crippen LogP contribution in [0.5, 0.6) is 5.75 Å². The van der Waals surface area contributed by atoms with Crippen LogP contribution >= 0.6 is 11.6 Å². The normalized spacial score (nSPS) is 10.0. The van der Waals surface area contributed by atoms with Gasteiger partial charge in [0.05, 0.1) is 23.5 Å². The molecule has 5 heteroatoms. The van der Waals surface area contributed by atoms with Crippen molar-refractivity contribution >= 4 is 28.9 Å². The highest BCUT2D eigenvalue weighted by molar-refractivity contribution is 6.32. The highest BCUT2D eigenvalue weighted by Crippen LogP contribution is 2.25. The van der Waals surface area contributed by atoms with Gasteiger partial charge in [0.1, 0.15) is 5.75 Å². The SMILES string of the molecule is COc1ccc(C(=O)Nc2ccccc2N)cc1Cl. The molecule has 0 saturated heterocycles. The Labute approximate surface area is 116 Å². The van der Waals surface area contributed by atoms with Gasteiger partial charge in [-0.3, -0.25) is 4.79 Å². The number of benzene rings is 2. The van der Waals surface area contributed by atoms with E-state index < -0.39 is 0 Å². The molecule has 4 nitrogen and oxygen atoms in total. The largest absolute Gasteiger partial charge is 0.495 e. The Morgan fingerprint density at radius 3 is 2.63 bits per heavy atom. The Kier molecular flexibility index (Phi) is 3.92. The third kappa shape index (κ3) is 2.98. The lowest BCUT2D eigenvalue weighted by molar-refractivity contribution is 0.102. The number of nitrogens with one attached hydrogen (secondary N) is 1. The van der Waals surface area contributed by atoms with Crippen LogP contribution in [-0.2, 0) is 0 Å². The summed E-state index contributed by atoms with van der Waals surface area (Å²) < 4.78 is 5.03. The van der Waals surface area contributed by atoms with E-state index in [4.69, 9.17) is 22.1 Å². The average Bonchev–Trinajstić information content (AvgIpc) is 2.41. The van der Waals surface area contributed by atoms with Crippen LogP contribution in [0.15, 0.2) is 42.5 Å². The Morgan fingerprint density at radius 2 is 2.00 bits per heavy atom. The van der Waals surface area contributed by atoms with Gasteiger partial charge in [-0.1, -0.05) is 23.7 Å². The van der Waals surface area contributed by atoms with Gasteiger partial charge in [-0.2, -0.15) is 0 Å². The number of nitrogen functional groups attached to an aromatic ring is 1. The minimum Gasteiger partial charge on any atom is -0.495 e. The van der Waals surface area contributed by atoms with Gasteiger partial charge in [0.25, 0.3) is 5.91 Å². The van der Waals surface area contributed by atoms with Crippen LogP contribution in [0, 0.1) is 0 Å². The summed E-state index contributed by atoms with van der Waals surface area (Å²) in [4.78, 5) is 12.1. The van der Waals surface area contributed by atoms with E-state index in [9.17, 15) is 4.79 Å². The summed E-state index contributed by atoms with van der Waals surface area (Å²) in [7, 11) is 1.52. The second kappa shape index (κ2) is 5.63. The third-order valence-electron chi connectivity index (χ3n) is 2.62. The third-order valence-corrected chi connectivity index (χ3v) is 2.92. The van der Waals surface area contributed by atoms with Gasteiger partial charge in [0.2, 0.25) is 0 Å². The van der Waals surface area contributed by atoms with Gasteiger partial charge in [-0.25, -0.2) is 0 Å². The number of ether oxygens (including phenoxy) is 1. The van der Waals surface area contributed by atoms with Crippen molar-refractivity contribution in [2.75, 3.05) is 18.2 Å². The maximum Gasteiger partial charge on any atom is 0.255 e. The van der Waals surface area contributed by atoms with Crippen molar-refractivity contribution < 1.29 is 9.53 Å². The van der Waals surface area contributed by atoms with Crippen molar-refractivity contribution in [3.8, 4) is 5.75 Å². The molecule has 0 saturated carbocycles. The lowest BCUT2D eigenvalue weighted by Crippen LogP contribution is -2.13. The molecular formula is C14H13ClN2O2. The molecule has 2 aromatic rings. The summed E-state index contributed by atoms with van der Waals surface area (Å²) in [6, 6.07) is 11.9. The van der Waals surface area contributed by atoms with Crippen LogP contribution in [-0.4, -0.2) is 13.0 Å². The Bertz CT molecular complexity index is 614. The molecule has 0 unspecified atom stereocenters. The Hall–Kier alpha value is -2.20. The van der Waals surface area contributed by atoms with Gasteiger partial charge < -0.3 is 15.8 Å². The summed E-state index contributed by atoms with van der Waals surface area (Å²) >= 11 is 5.98. The van der Waals surface area contributed by atoms with Crippen LogP contribution in [0.4, 0.5) is 11.4 Å². The number of anilines is 2. The second-order valence-corrected chi connectivity index (χ2v) is 4.30. The fraction of sp³-hybridized carbons (Fsp3) is 0.0714. The number of para-hydroxylation sites is 2.